The fourth-order valence-corrected chi connectivity index (χ4v) is 7.10. The molecular weight excluding hydrogens is 440 g/mol. The topological polar surface area (TPSA) is 43.0 Å². The van der Waals surface area contributed by atoms with Gasteiger partial charge in [-0.2, -0.15) is 13.2 Å². The predicted molar refractivity (Wildman–Crippen MR) is 115 cm³/mol. The maximum atomic E-state index is 14.5. The summed E-state index contributed by atoms with van der Waals surface area (Å²) >= 11 is 0. The van der Waals surface area contributed by atoms with Gasteiger partial charge in [0.05, 0.1) is 50.2 Å². The van der Waals surface area contributed by atoms with E-state index >= 15 is 0 Å². The van der Waals surface area contributed by atoms with Crippen molar-refractivity contribution < 1.29 is 31.8 Å². The van der Waals surface area contributed by atoms with Crippen LogP contribution in [0.25, 0.3) is 0 Å². The molecule has 2 unspecified atom stereocenters. The van der Waals surface area contributed by atoms with Crippen LogP contribution in [0.1, 0.15) is 64.2 Å². The molecule has 0 aromatic heterocycles. The van der Waals surface area contributed by atoms with Gasteiger partial charge in [0.2, 0.25) is 0 Å². The summed E-state index contributed by atoms with van der Waals surface area (Å²) in [7, 11) is 0. The Labute approximate surface area is 193 Å². The van der Waals surface area contributed by atoms with Crippen molar-refractivity contribution in [2.45, 2.75) is 100 Å². The third-order valence-corrected chi connectivity index (χ3v) is 9.07. The summed E-state index contributed by atoms with van der Waals surface area (Å²) in [6.45, 7) is 1.38. The van der Waals surface area contributed by atoms with Crippen LogP contribution in [-0.2, 0) is 14.2 Å². The van der Waals surface area contributed by atoms with Crippen LogP contribution in [0.4, 0.5) is 17.6 Å². The van der Waals surface area contributed by atoms with Gasteiger partial charge < -0.3 is 19.5 Å². The molecule has 5 nitrogen and oxygen atoms in total. The van der Waals surface area contributed by atoms with Gasteiger partial charge >= 0.3 is 12.0 Å². The summed E-state index contributed by atoms with van der Waals surface area (Å²) in [6.07, 6.45) is 6.16. The van der Waals surface area contributed by atoms with Crippen LogP contribution in [0.15, 0.2) is 0 Å². The van der Waals surface area contributed by atoms with E-state index in [1.807, 2.05) is 0 Å². The van der Waals surface area contributed by atoms with Crippen LogP contribution < -0.4 is 5.32 Å². The SMILES string of the molecule is FC(F)(F)[C@@]1(F)CN[C@@]2(CCCN3CCOC4CCCCC4C4CCC(CC4)OC[C@@H]32)CO1. The van der Waals surface area contributed by atoms with Crippen molar-refractivity contribution in [2.24, 2.45) is 11.8 Å². The number of alkyl halides is 4. The molecule has 1 N–H and O–H groups in total. The lowest BCUT2D eigenvalue weighted by molar-refractivity contribution is -0.349. The Morgan fingerprint density at radius 1 is 0.909 bits per heavy atom. The van der Waals surface area contributed by atoms with E-state index in [1.54, 1.807) is 0 Å². The first-order chi connectivity index (χ1) is 15.8. The largest absolute Gasteiger partial charge is 0.449 e. The highest BCUT2D eigenvalue weighted by molar-refractivity contribution is 5.07. The number of fused-ring (bicyclic) bond motifs is 5. The van der Waals surface area contributed by atoms with E-state index in [9.17, 15) is 17.6 Å². The first-order valence-corrected chi connectivity index (χ1v) is 12.9. The standard InChI is InChI=1S/C24H38F4N2O3/c25-23(24(26,27)28)15-29-22(16-33-23)10-3-11-30-12-13-31-20-5-2-1-4-19(20)17-6-8-18(9-7-17)32-14-21(22)30/h17-21,29H,1-16H2/t17?,18?,19?,20?,21-,22+,23-/m1/s1. The summed E-state index contributed by atoms with van der Waals surface area (Å²) in [5, 5.41) is 2.96. The number of rotatable bonds is 0. The van der Waals surface area contributed by atoms with E-state index < -0.39 is 24.1 Å². The molecular formula is C24H38F4N2O3. The Morgan fingerprint density at radius 3 is 2.42 bits per heavy atom. The third-order valence-electron chi connectivity index (χ3n) is 9.07. The van der Waals surface area contributed by atoms with Crippen LogP contribution in [0.2, 0.25) is 0 Å². The number of halogens is 4. The van der Waals surface area contributed by atoms with Gasteiger partial charge in [0.1, 0.15) is 0 Å². The van der Waals surface area contributed by atoms with E-state index in [4.69, 9.17) is 14.2 Å². The molecule has 1 spiro atoms. The second-order valence-electron chi connectivity index (χ2n) is 10.9. The Hall–Kier alpha value is -0.480. The second-order valence-corrected chi connectivity index (χ2v) is 10.9. The molecule has 6 aliphatic rings. The van der Waals surface area contributed by atoms with Crippen molar-refractivity contribution in [1.29, 1.82) is 0 Å². The predicted octanol–water partition coefficient (Wildman–Crippen LogP) is 4.20. The first kappa shape index (κ1) is 24.2. The summed E-state index contributed by atoms with van der Waals surface area (Å²) < 4.78 is 71.9. The van der Waals surface area contributed by atoms with Gasteiger partial charge in [-0.25, -0.2) is 4.39 Å². The monoisotopic (exact) mass is 478 g/mol. The van der Waals surface area contributed by atoms with Crippen LogP contribution in [0.5, 0.6) is 0 Å². The molecule has 33 heavy (non-hydrogen) atoms. The number of nitrogens with zero attached hydrogens (tertiary/aromatic N) is 1. The number of ether oxygens (including phenoxy) is 3. The van der Waals surface area contributed by atoms with Gasteiger partial charge in [-0.05, 0) is 69.7 Å². The normalized spacial score (nSPS) is 46.0. The van der Waals surface area contributed by atoms with Crippen molar-refractivity contribution in [2.75, 3.05) is 39.5 Å². The molecule has 5 atom stereocenters. The molecule has 4 saturated heterocycles. The summed E-state index contributed by atoms with van der Waals surface area (Å²) in [5.74, 6) is -2.29. The van der Waals surface area contributed by atoms with Gasteiger partial charge in [0.25, 0.3) is 0 Å². The quantitative estimate of drug-likeness (QED) is 0.529. The third kappa shape index (κ3) is 4.82. The van der Waals surface area contributed by atoms with E-state index in [0.29, 0.717) is 44.1 Å². The second kappa shape index (κ2) is 9.52. The van der Waals surface area contributed by atoms with E-state index in [-0.39, 0.29) is 18.8 Å². The average Bonchev–Trinajstić information content (AvgIpc) is 2.82. The van der Waals surface area contributed by atoms with Crippen molar-refractivity contribution in [3.63, 3.8) is 0 Å². The van der Waals surface area contributed by atoms with Crippen molar-refractivity contribution in [3.05, 3.63) is 0 Å². The minimum atomic E-state index is -5.06. The molecule has 0 aromatic rings. The van der Waals surface area contributed by atoms with Crippen LogP contribution in [0, 0.1) is 11.8 Å². The summed E-state index contributed by atoms with van der Waals surface area (Å²) in [5.41, 5.74) is -0.746. The van der Waals surface area contributed by atoms with Crippen LogP contribution in [-0.4, -0.2) is 80.2 Å². The smallest absolute Gasteiger partial charge is 0.377 e. The molecule has 9 heteroatoms. The molecule has 4 aliphatic heterocycles. The van der Waals surface area contributed by atoms with Crippen molar-refractivity contribution >= 4 is 0 Å². The van der Waals surface area contributed by atoms with Crippen LogP contribution in [0.3, 0.4) is 0 Å². The molecule has 0 aromatic carbocycles. The maximum absolute atomic E-state index is 14.5. The van der Waals surface area contributed by atoms with E-state index in [0.717, 1.165) is 45.1 Å². The zero-order chi connectivity index (χ0) is 23.1. The number of nitrogens with one attached hydrogen (secondary N) is 1. The molecule has 2 bridgehead atoms. The van der Waals surface area contributed by atoms with Gasteiger partial charge in [-0.1, -0.05) is 12.8 Å². The molecule has 0 radical (unpaired) electrons. The van der Waals surface area contributed by atoms with E-state index in [1.165, 1.54) is 19.3 Å². The number of morpholine rings is 1. The number of hydrogen-bond donors (Lipinski definition) is 1. The highest BCUT2D eigenvalue weighted by atomic mass is 19.4. The molecule has 6 fully saturated rings. The Bertz CT molecular complexity index is 663. The van der Waals surface area contributed by atoms with Crippen molar-refractivity contribution in [1.82, 2.24) is 10.2 Å². The molecule has 6 rings (SSSR count). The van der Waals surface area contributed by atoms with Gasteiger partial charge in [0, 0.05) is 6.54 Å². The Balaban J connectivity index is 1.33. The van der Waals surface area contributed by atoms with Gasteiger partial charge in [-0.3, -0.25) is 4.90 Å². The highest BCUT2D eigenvalue weighted by Gasteiger charge is 2.62. The summed E-state index contributed by atoms with van der Waals surface area (Å²) in [6, 6.07) is -0.173. The number of hydrogen-bond acceptors (Lipinski definition) is 5. The maximum Gasteiger partial charge on any atom is 0.449 e. The van der Waals surface area contributed by atoms with Gasteiger partial charge in [0.15, 0.2) is 0 Å². The highest BCUT2D eigenvalue weighted by Crippen LogP contribution is 2.43. The molecule has 190 valence electrons. The van der Waals surface area contributed by atoms with Crippen LogP contribution >= 0.6 is 0 Å². The Morgan fingerprint density at radius 2 is 1.70 bits per heavy atom. The zero-order valence-electron chi connectivity index (χ0n) is 19.4. The number of piperidine rings is 1. The lowest BCUT2D eigenvalue weighted by Gasteiger charge is -2.54. The lowest BCUT2D eigenvalue weighted by Crippen LogP contribution is -2.74. The average molecular weight is 479 g/mol. The summed E-state index contributed by atoms with van der Waals surface area (Å²) in [4.78, 5) is 2.28. The molecule has 0 amide bonds. The fraction of sp³-hybridized carbons (Fsp3) is 1.00. The first-order valence-electron chi connectivity index (χ1n) is 12.9. The fourth-order valence-electron chi connectivity index (χ4n) is 7.10. The molecule has 2 aliphatic carbocycles. The minimum absolute atomic E-state index is 0.173. The van der Waals surface area contributed by atoms with Gasteiger partial charge in [-0.15, -0.1) is 0 Å². The zero-order valence-corrected chi connectivity index (χ0v) is 19.4. The lowest BCUT2D eigenvalue weighted by atomic mass is 9.71. The van der Waals surface area contributed by atoms with Crippen molar-refractivity contribution in [3.8, 4) is 0 Å². The Kier molecular flexibility index (Phi) is 6.99. The molecule has 4 heterocycles. The van der Waals surface area contributed by atoms with E-state index in [2.05, 4.69) is 10.2 Å². The molecule has 2 saturated carbocycles. The minimum Gasteiger partial charge on any atom is -0.377 e.